The number of anilines is 1. The van der Waals surface area contributed by atoms with Gasteiger partial charge in [-0.2, -0.15) is 0 Å². The number of aryl methyl sites for hydroxylation is 1. The fourth-order valence-electron chi connectivity index (χ4n) is 2.43. The molecular formula is C16H15FN2. The minimum Gasteiger partial charge on any atom is -0.322 e. The summed E-state index contributed by atoms with van der Waals surface area (Å²) < 4.78 is 13.2. The first-order chi connectivity index (χ1) is 9.19. The van der Waals surface area contributed by atoms with Gasteiger partial charge in [0.2, 0.25) is 0 Å². The van der Waals surface area contributed by atoms with Gasteiger partial charge in [-0.05, 0) is 41.8 Å². The molecular weight excluding hydrogens is 239 g/mol. The molecule has 2 aromatic rings. The molecule has 1 N–H and O–H groups in total. The van der Waals surface area contributed by atoms with E-state index in [-0.39, 0.29) is 5.82 Å². The van der Waals surface area contributed by atoms with Crippen LogP contribution in [0.3, 0.4) is 0 Å². The molecule has 0 aromatic heterocycles. The SMILES string of the molecule is CCc1ccc(N2Cc3ccc(F)cc3C2=N)cc1. The highest BCUT2D eigenvalue weighted by Crippen LogP contribution is 2.28. The van der Waals surface area contributed by atoms with Gasteiger partial charge in [-0.1, -0.05) is 25.1 Å². The van der Waals surface area contributed by atoms with Crippen molar-refractivity contribution in [2.75, 3.05) is 4.90 Å². The van der Waals surface area contributed by atoms with Crippen LogP contribution in [0.2, 0.25) is 0 Å². The molecule has 0 spiro atoms. The summed E-state index contributed by atoms with van der Waals surface area (Å²) in [6.45, 7) is 2.76. The van der Waals surface area contributed by atoms with Crippen LogP contribution in [0.25, 0.3) is 0 Å². The molecule has 96 valence electrons. The molecule has 0 amide bonds. The molecule has 0 saturated carbocycles. The van der Waals surface area contributed by atoms with Gasteiger partial charge in [0.05, 0.1) is 6.54 Å². The van der Waals surface area contributed by atoms with Crippen LogP contribution < -0.4 is 4.90 Å². The Morgan fingerprint density at radius 2 is 1.89 bits per heavy atom. The molecule has 0 bridgehead atoms. The van der Waals surface area contributed by atoms with Crippen molar-refractivity contribution in [3.63, 3.8) is 0 Å². The van der Waals surface area contributed by atoms with Gasteiger partial charge in [-0.25, -0.2) is 4.39 Å². The van der Waals surface area contributed by atoms with E-state index in [1.165, 1.54) is 17.7 Å². The topological polar surface area (TPSA) is 27.1 Å². The van der Waals surface area contributed by atoms with E-state index in [1.807, 2.05) is 17.0 Å². The maximum atomic E-state index is 13.2. The lowest BCUT2D eigenvalue weighted by Crippen LogP contribution is -2.22. The molecule has 0 saturated heterocycles. The van der Waals surface area contributed by atoms with Crippen LogP contribution >= 0.6 is 0 Å². The minimum atomic E-state index is -0.285. The van der Waals surface area contributed by atoms with Crippen molar-refractivity contribution in [3.05, 3.63) is 65.0 Å². The van der Waals surface area contributed by atoms with E-state index >= 15 is 0 Å². The molecule has 3 rings (SSSR count). The van der Waals surface area contributed by atoms with Crippen LogP contribution in [-0.2, 0) is 13.0 Å². The zero-order valence-electron chi connectivity index (χ0n) is 10.8. The molecule has 2 nitrogen and oxygen atoms in total. The summed E-state index contributed by atoms with van der Waals surface area (Å²) in [4.78, 5) is 1.91. The summed E-state index contributed by atoms with van der Waals surface area (Å²) in [5.74, 6) is 0.0884. The fraction of sp³-hybridized carbons (Fsp3) is 0.188. The quantitative estimate of drug-likeness (QED) is 0.868. The number of hydrogen-bond donors (Lipinski definition) is 1. The molecule has 19 heavy (non-hydrogen) atoms. The Labute approximate surface area is 112 Å². The molecule has 3 heteroatoms. The summed E-state index contributed by atoms with van der Waals surface area (Å²) in [5.41, 5.74) is 3.96. The van der Waals surface area contributed by atoms with Gasteiger partial charge in [0.25, 0.3) is 0 Å². The van der Waals surface area contributed by atoms with Crippen LogP contribution in [0.15, 0.2) is 42.5 Å². The van der Waals surface area contributed by atoms with Crippen LogP contribution in [0.5, 0.6) is 0 Å². The Morgan fingerprint density at radius 1 is 1.16 bits per heavy atom. The predicted molar refractivity (Wildman–Crippen MR) is 75.2 cm³/mol. The summed E-state index contributed by atoms with van der Waals surface area (Å²) >= 11 is 0. The van der Waals surface area contributed by atoms with Crippen molar-refractivity contribution in [2.24, 2.45) is 0 Å². The Hall–Kier alpha value is -2.16. The van der Waals surface area contributed by atoms with Gasteiger partial charge in [0, 0.05) is 11.3 Å². The first kappa shape index (κ1) is 11.9. The Bertz CT molecular complexity index is 632. The van der Waals surface area contributed by atoms with E-state index in [0.29, 0.717) is 17.9 Å². The molecule has 1 aliphatic rings. The highest BCUT2D eigenvalue weighted by atomic mass is 19.1. The second-order valence-electron chi connectivity index (χ2n) is 4.76. The molecule has 0 fully saturated rings. The van der Waals surface area contributed by atoms with E-state index < -0.39 is 0 Å². The van der Waals surface area contributed by atoms with Crippen molar-refractivity contribution < 1.29 is 4.39 Å². The number of amidine groups is 1. The molecule has 0 aliphatic carbocycles. The molecule has 1 aliphatic heterocycles. The van der Waals surface area contributed by atoms with Crippen LogP contribution in [-0.4, -0.2) is 5.84 Å². The van der Waals surface area contributed by atoms with E-state index in [1.54, 1.807) is 6.07 Å². The third kappa shape index (κ3) is 2.01. The van der Waals surface area contributed by atoms with Crippen molar-refractivity contribution in [2.45, 2.75) is 19.9 Å². The smallest absolute Gasteiger partial charge is 0.133 e. The second-order valence-corrected chi connectivity index (χ2v) is 4.76. The normalized spacial score (nSPS) is 13.8. The number of rotatable bonds is 2. The van der Waals surface area contributed by atoms with Gasteiger partial charge in [0.1, 0.15) is 11.7 Å². The average Bonchev–Trinajstić information content (AvgIpc) is 2.76. The Balaban J connectivity index is 1.94. The minimum absolute atomic E-state index is 0.285. The zero-order chi connectivity index (χ0) is 13.4. The lowest BCUT2D eigenvalue weighted by atomic mass is 10.1. The van der Waals surface area contributed by atoms with E-state index in [0.717, 1.165) is 17.7 Å². The lowest BCUT2D eigenvalue weighted by Gasteiger charge is -2.18. The van der Waals surface area contributed by atoms with E-state index in [9.17, 15) is 4.39 Å². The molecule has 0 radical (unpaired) electrons. The monoisotopic (exact) mass is 254 g/mol. The zero-order valence-corrected chi connectivity index (χ0v) is 10.8. The van der Waals surface area contributed by atoms with Gasteiger partial charge < -0.3 is 4.90 Å². The van der Waals surface area contributed by atoms with Gasteiger partial charge in [-0.3, -0.25) is 5.41 Å². The van der Waals surface area contributed by atoms with Gasteiger partial charge in [-0.15, -0.1) is 0 Å². The average molecular weight is 254 g/mol. The highest BCUT2D eigenvalue weighted by molar-refractivity contribution is 6.11. The molecule has 2 aromatic carbocycles. The molecule has 1 heterocycles. The maximum absolute atomic E-state index is 13.2. The Kier molecular flexibility index (Phi) is 2.82. The van der Waals surface area contributed by atoms with Gasteiger partial charge >= 0.3 is 0 Å². The molecule has 0 unspecified atom stereocenters. The number of nitrogens with zero attached hydrogens (tertiary/aromatic N) is 1. The summed E-state index contributed by atoms with van der Waals surface area (Å²) in [6, 6.07) is 12.9. The third-order valence-electron chi connectivity index (χ3n) is 3.58. The molecule has 0 atom stereocenters. The number of fused-ring (bicyclic) bond motifs is 1. The third-order valence-corrected chi connectivity index (χ3v) is 3.58. The van der Waals surface area contributed by atoms with Crippen LogP contribution in [0.4, 0.5) is 10.1 Å². The number of hydrogen-bond acceptors (Lipinski definition) is 1. The number of halogens is 1. The van der Waals surface area contributed by atoms with E-state index in [2.05, 4.69) is 19.1 Å². The first-order valence-electron chi connectivity index (χ1n) is 6.43. The maximum Gasteiger partial charge on any atom is 0.133 e. The second kappa shape index (κ2) is 4.50. The highest BCUT2D eigenvalue weighted by Gasteiger charge is 2.25. The number of nitrogens with one attached hydrogen (secondary N) is 1. The lowest BCUT2D eigenvalue weighted by molar-refractivity contribution is 0.627. The standard InChI is InChI=1S/C16H15FN2/c1-2-11-3-7-14(8-4-11)19-10-12-5-6-13(17)9-15(12)16(19)18/h3-9,18H,2,10H2,1H3. The largest absolute Gasteiger partial charge is 0.322 e. The van der Waals surface area contributed by atoms with Crippen LogP contribution in [0.1, 0.15) is 23.6 Å². The van der Waals surface area contributed by atoms with Crippen molar-refractivity contribution in [3.8, 4) is 0 Å². The van der Waals surface area contributed by atoms with Crippen molar-refractivity contribution in [1.29, 1.82) is 5.41 Å². The summed E-state index contributed by atoms with van der Waals surface area (Å²) in [6.07, 6.45) is 1.00. The van der Waals surface area contributed by atoms with E-state index in [4.69, 9.17) is 5.41 Å². The predicted octanol–water partition coefficient (Wildman–Crippen LogP) is 3.73. The van der Waals surface area contributed by atoms with Crippen molar-refractivity contribution in [1.82, 2.24) is 0 Å². The summed E-state index contributed by atoms with van der Waals surface area (Å²) in [7, 11) is 0. The Morgan fingerprint density at radius 3 is 2.58 bits per heavy atom. The van der Waals surface area contributed by atoms with Crippen molar-refractivity contribution >= 4 is 11.5 Å². The summed E-state index contributed by atoms with van der Waals surface area (Å²) in [5, 5.41) is 8.18. The first-order valence-corrected chi connectivity index (χ1v) is 6.43. The van der Waals surface area contributed by atoms with Gasteiger partial charge in [0.15, 0.2) is 0 Å². The number of benzene rings is 2. The fourth-order valence-corrected chi connectivity index (χ4v) is 2.43. The van der Waals surface area contributed by atoms with Crippen LogP contribution in [0, 0.1) is 11.2 Å².